The Morgan fingerprint density at radius 1 is 1.15 bits per heavy atom. The van der Waals surface area contributed by atoms with Crippen molar-refractivity contribution in [3.63, 3.8) is 0 Å². The molecule has 0 bridgehead atoms. The van der Waals surface area contributed by atoms with E-state index in [1.54, 1.807) is 24.5 Å². The van der Waals surface area contributed by atoms with E-state index in [2.05, 4.69) is 30.5 Å². The maximum atomic E-state index is 12.0. The van der Waals surface area contributed by atoms with Crippen LogP contribution >= 0.6 is 11.8 Å². The lowest BCUT2D eigenvalue weighted by Crippen LogP contribution is -2.25. The van der Waals surface area contributed by atoms with E-state index in [9.17, 15) is 4.79 Å². The molecule has 26 heavy (non-hydrogen) atoms. The number of aromatic nitrogens is 5. The van der Waals surface area contributed by atoms with Gasteiger partial charge in [0.05, 0.1) is 23.3 Å². The number of amides is 1. The van der Waals surface area contributed by atoms with Crippen LogP contribution in [0.2, 0.25) is 0 Å². The lowest BCUT2D eigenvalue weighted by atomic mass is 10.3. The Labute approximate surface area is 152 Å². The molecule has 2 N–H and O–H groups in total. The second-order valence-corrected chi connectivity index (χ2v) is 6.30. The molecule has 8 nitrogen and oxygen atoms in total. The number of imidazole rings is 1. The van der Waals surface area contributed by atoms with Gasteiger partial charge in [-0.05, 0) is 24.3 Å². The molecule has 9 heteroatoms. The summed E-state index contributed by atoms with van der Waals surface area (Å²) in [6.07, 6.45) is 3.30. The topological polar surface area (TPSA) is 110 Å². The Hall–Kier alpha value is -3.20. The highest BCUT2D eigenvalue weighted by atomic mass is 32.2. The molecule has 0 atom stereocenters. The van der Waals surface area contributed by atoms with Crippen molar-refractivity contribution in [2.75, 3.05) is 5.75 Å². The number of hydrogen-bond acceptors (Lipinski definition) is 7. The number of fused-ring (bicyclic) bond motifs is 1. The highest BCUT2D eigenvalue weighted by molar-refractivity contribution is 7.99. The van der Waals surface area contributed by atoms with Crippen LogP contribution in [0.1, 0.15) is 5.82 Å². The summed E-state index contributed by atoms with van der Waals surface area (Å²) in [5, 5.41) is 11.1. The third-order valence-corrected chi connectivity index (χ3v) is 4.37. The van der Waals surface area contributed by atoms with E-state index in [1.807, 2.05) is 24.3 Å². The van der Waals surface area contributed by atoms with Gasteiger partial charge in [-0.15, -0.1) is 10.2 Å². The molecule has 0 saturated heterocycles. The first-order valence-corrected chi connectivity index (χ1v) is 8.83. The summed E-state index contributed by atoms with van der Waals surface area (Å²) in [7, 11) is 0. The highest BCUT2D eigenvalue weighted by Gasteiger charge is 2.11. The molecule has 0 unspecified atom stereocenters. The molecule has 3 heterocycles. The van der Waals surface area contributed by atoms with Crippen LogP contribution in [0.5, 0.6) is 0 Å². The zero-order valence-electron chi connectivity index (χ0n) is 13.5. The molecule has 130 valence electrons. The quantitative estimate of drug-likeness (QED) is 0.504. The van der Waals surface area contributed by atoms with Gasteiger partial charge in [-0.1, -0.05) is 23.9 Å². The van der Waals surface area contributed by atoms with Crippen LogP contribution in [-0.2, 0) is 11.3 Å². The minimum Gasteiger partial charge on any atom is -0.411 e. The molecule has 0 aliphatic carbocycles. The fourth-order valence-electron chi connectivity index (χ4n) is 2.33. The summed E-state index contributed by atoms with van der Waals surface area (Å²) in [5.41, 5.74) is 2.61. The Morgan fingerprint density at radius 2 is 2.00 bits per heavy atom. The van der Waals surface area contributed by atoms with Gasteiger partial charge in [0.25, 0.3) is 5.22 Å². The van der Waals surface area contributed by atoms with Gasteiger partial charge >= 0.3 is 0 Å². The number of benzene rings is 1. The Kier molecular flexibility index (Phi) is 4.61. The van der Waals surface area contributed by atoms with Gasteiger partial charge in [-0.25, -0.2) is 4.98 Å². The average molecular weight is 366 g/mol. The summed E-state index contributed by atoms with van der Waals surface area (Å²) in [5.74, 6) is 1.15. The smallest absolute Gasteiger partial charge is 0.277 e. The Morgan fingerprint density at radius 3 is 2.85 bits per heavy atom. The third-order valence-electron chi connectivity index (χ3n) is 3.55. The van der Waals surface area contributed by atoms with Gasteiger partial charge in [0.2, 0.25) is 11.8 Å². The van der Waals surface area contributed by atoms with Gasteiger partial charge in [0.15, 0.2) is 0 Å². The molecule has 0 aliphatic heterocycles. The number of nitrogens with zero attached hydrogens (tertiary/aromatic N) is 4. The number of rotatable bonds is 6. The van der Waals surface area contributed by atoms with Crippen molar-refractivity contribution in [3.8, 4) is 11.5 Å². The molecule has 0 spiro atoms. The number of aromatic amines is 1. The summed E-state index contributed by atoms with van der Waals surface area (Å²) in [6.45, 7) is 0.334. The van der Waals surface area contributed by atoms with Crippen LogP contribution in [0.4, 0.5) is 0 Å². The first-order chi connectivity index (χ1) is 12.8. The van der Waals surface area contributed by atoms with Crippen molar-refractivity contribution in [2.24, 2.45) is 0 Å². The molecule has 0 aliphatic rings. The standard InChI is InChI=1S/C17H14N6O2S/c24-15(19-9-14-20-12-3-1-2-4-13(12)21-14)10-26-17-23-22-16(25-17)11-5-7-18-8-6-11/h1-8H,9-10H2,(H,19,24)(H,20,21). The summed E-state index contributed by atoms with van der Waals surface area (Å²) in [6, 6.07) is 11.3. The van der Waals surface area contributed by atoms with E-state index >= 15 is 0 Å². The van der Waals surface area contributed by atoms with Gasteiger partial charge in [-0.2, -0.15) is 0 Å². The average Bonchev–Trinajstić information content (AvgIpc) is 3.32. The van der Waals surface area contributed by atoms with Crippen LogP contribution in [0.3, 0.4) is 0 Å². The van der Waals surface area contributed by atoms with E-state index in [4.69, 9.17) is 4.42 Å². The minimum absolute atomic E-state index is 0.140. The van der Waals surface area contributed by atoms with Gasteiger partial charge in [0.1, 0.15) is 5.82 Å². The van der Waals surface area contributed by atoms with Crippen LogP contribution in [0.15, 0.2) is 58.4 Å². The number of H-pyrrole nitrogens is 1. The minimum atomic E-state index is -0.140. The number of para-hydroxylation sites is 2. The van der Waals surface area contributed by atoms with Crippen molar-refractivity contribution in [3.05, 3.63) is 54.6 Å². The summed E-state index contributed by atoms with van der Waals surface area (Å²) >= 11 is 1.19. The Balaban J connectivity index is 1.29. The van der Waals surface area contributed by atoms with Gasteiger partial charge < -0.3 is 14.7 Å². The number of thioether (sulfide) groups is 1. The van der Waals surface area contributed by atoms with Crippen LogP contribution in [-0.4, -0.2) is 36.8 Å². The SMILES string of the molecule is O=C(CSc1nnc(-c2ccncc2)o1)NCc1nc2ccccc2[nH]1. The van der Waals surface area contributed by atoms with Crippen molar-refractivity contribution in [1.82, 2.24) is 30.5 Å². The van der Waals surface area contributed by atoms with Crippen molar-refractivity contribution < 1.29 is 9.21 Å². The summed E-state index contributed by atoms with van der Waals surface area (Å²) < 4.78 is 5.54. The number of carbonyl (C=O) groups is 1. The first kappa shape index (κ1) is 16.3. The lowest BCUT2D eigenvalue weighted by Gasteiger charge is -2.01. The first-order valence-electron chi connectivity index (χ1n) is 7.85. The molecule has 0 fully saturated rings. The fraction of sp³-hybridized carbons (Fsp3) is 0.118. The molecule has 1 amide bonds. The van der Waals surface area contributed by atoms with E-state index in [0.717, 1.165) is 16.6 Å². The highest BCUT2D eigenvalue weighted by Crippen LogP contribution is 2.22. The molecule has 0 saturated carbocycles. The monoisotopic (exact) mass is 366 g/mol. The number of pyridine rings is 1. The van der Waals surface area contributed by atoms with Crippen LogP contribution in [0, 0.1) is 0 Å². The molecule has 4 aromatic rings. The number of nitrogens with one attached hydrogen (secondary N) is 2. The second-order valence-electron chi connectivity index (χ2n) is 5.38. The lowest BCUT2D eigenvalue weighted by molar-refractivity contribution is -0.118. The maximum Gasteiger partial charge on any atom is 0.277 e. The molecular formula is C17H14N6O2S. The van der Waals surface area contributed by atoms with Crippen molar-refractivity contribution >= 4 is 28.7 Å². The van der Waals surface area contributed by atoms with Crippen LogP contribution in [0.25, 0.3) is 22.5 Å². The van der Waals surface area contributed by atoms with E-state index < -0.39 is 0 Å². The zero-order valence-corrected chi connectivity index (χ0v) is 14.4. The van der Waals surface area contributed by atoms with E-state index in [0.29, 0.717) is 23.5 Å². The van der Waals surface area contributed by atoms with E-state index in [1.165, 1.54) is 11.8 Å². The normalized spacial score (nSPS) is 10.9. The third kappa shape index (κ3) is 3.72. The summed E-state index contributed by atoms with van der Waals surface area (Å²) in [4.78, 5) is 23.5. The molecule has 4 rings (SSSR count). The Bertz CT molecular complexity index is 997. The molecule has 3 aromatic heterocycles. The van der Waals surface area contributed by atoms with Gasteiger partial charge in [-0.3, -0.25) is 9.78 Å². The van der Waals surface area contributed by atoms with Crippen molar-refractivity contribution in [1.29, 1.82) is 0 Å². The van der Waals surface area contributed by atoms with E-state index in [-0.39, 0.29) is 11.7 Å². The predicted octanol–water partition coefficient (Wildman–Crippen LogP) is 2.42. The maximum absolute atomic E-state index is 12.0. The second kappa shape index (κ2) is 7.36. The zero-order chi connectivity index (χ0) is 17.8. The molecular weight excluding hydrogens is 352 g/mol. The fourth-order valence-corrected chi connectivity index (χ4v) is 2.92. The predicted molar refractivity (Wildman–Crippen MR) is 96.2 cm³/mol. The number of hydrogen-bond donors (Lipinski definition) is 2. The molecule has 1 aromatic carbocycles. The van der Waals surface area contributed by atoms with Gasteiger partial charge in [0, 0.05) is 18.0 Å². The number of carbonyl (C=O) groups excluding carboxylic acids is 1. The van der Waals surface area contributed by atoms with Crippen LogP contribution < -0.4 is 5.32 Å². The van der Waals surface area contributed by atoms with Crippen molar-refractivity contribution in [2.45, 2.75) is 11.8 Å². The largest absolute Gasteiger partial charge is 0.411 e. The molecule has 0 radical (unpaired) electrons.